The van der Waals surface area contributed by atoms with Crippen LogP contribution < -0.4 is 5.73 Å². The summed E-state index contributed by atoms with van der Waals surface area (Å²) in [6, 6.07) is 13.1. The smallest absolute Gasteiger partial charge is 0.270 e. The molecule has 0 amide bonds. The van der Waals surface area contributed by atoms with Gasteiger partial charge in [0.2, 0.25) is 5.89 Å². The molecule has 0 spiro atoms. The molecule has 0 aliphatic rings. The molecule has 2 aromatic heterocycles. The average Bonchev–Trinajstić information content (AvgIpc) is 3.30. The molecule has 0 unspecified atom stereocenters. The molecule has 0 bridgehead atoms. The van der Waals surface area contributed by atoms with Gasteiger partial charge >= 0.3 is 0 Å². The Morgan fingerprint density at radius 3 is 2.32 bits per heavy atom. The lowest BCUT2D eigenvalue weighted by Crippen LogP contribution is -2.15. The van der Waals surface area contributed by atoms with Gasteiger partial charge in [-0.05, 0) is 62.6 Å². The molecule has 0 radical (unpaired) electrons. The van der Waals surface area contributed by atoms with Gasteiger partial charge in [-0.1, -0.05) is 31.5 Å². The molecule has 0 saturated heterocycles. The monoisotopic (exact) mass is 477 g/mol. The molecule has 4 aromatic rings. The van der Waals surface area contributed by atoms with E-state index in [4.69, 9.17) is 10.2 Å². The lowest BCUT2D eigenvalue weighted by Gasteiger charge is -2.12. The second kappa shape index (κ2) is 9.34. The molecule has 0 aliphatic carbocycles. The number of benzene rings is 2. The van der Waals surface area contributed by atoms with Gasteiger partial charge in [-0.25, -0.2) is 18.4 Å². The fourth-order valence-electron chi connectivity index (χ4n) is 3.62. The van der Waals surface area contributed by atoms with Crippen LogP contribution in [0.1, 0.15) is 38.3 Å². The van der Waals surface area contributed by atoms with E-state index in [1.54, 1.807) is 39.0 Å². The van der Waals surface area contributed by atoms with Crippen molar-refractivity contribution in [1.29, 1.82) is 0 Å². The van der Waals surface area contributed by atoms with E-state index in [1.165, 1.54) is 11.8 Å². The van der Waals surface area contributed by atoms with Crippen molar-refractivity contribution in [2.75, 3.05) is 5.73 Å². The van der Waals surface area contributed by atoms with Crippen molar-refractivity contribution in [3.05, 3.63) is 59.8 Å². The van der Waals surface area contributed by atoms with E-state index in [0.717, 1.165) is 18.4 Å². The predicted molar refractivity (Wildman–Crippen MR) is 132 cm³/mol. The van der Waals surface area contributed by atoms with E-state index in [1.807, 2.05) is 24.3 Å². The first-order valence-corrected chi connectivity index (χ1v) is 12.7. The van der Waals surface area contributed by atoms with Crippen molar-refractivity contribution in [2.45, 2.75) is 50.7 Å². The molecule has 8 nitrogen and oxygen atoms in total. The van der Waals surface area contributed by atoms with E-state index < -0.39 is 15.1 Å². The maximum absolute atomic E-state index is 12.6. The first-order valence-electron chi connectivity index (χ1n) is 11.1. The Hall–Kier alpha value is -3.59. The Labute approximate surface area is 199 Å². The number of hydrogen-bond donors (Lipinski definition) is 1. The van der Waals surface area contributed by atoms with Crippen molar-refractivity contribution < 1.29 is 12.8 Å². The lowest BCUT2D eigenvalue weighted by atomic mass is 10.1. The first-order chi connectivity index (χ1) is 16.2. The summed E-state index contributed by atoms with van der Waals surface area (Å²) in [5.74, 6) is 0.687. The normalized spacial score (nSPS) is 11.8. The highest BCUT2D eigenvalue weighted by atomic mass is 32.2. The van der Waals surface area contributed by atoms with Gasteiger partial charge in [-0.2, -0.15) is 0 Å². The molecule has 176 valence electrons. The van der Waals surface area contributed by atoms with Crippen molar-refractivity contribution in [3.63, 3.8) is 0 Å². The minimum absolute atomic E-state index is 0.160. The molecule has 9 heteroatoms. The fraction of sp³-hybridized carbons (Fsp3) is 0.280. The first kappa shape index (κ1) is 23.6. The Bertz CT molecular complexity index is 1430. The third-order valence-corrected chi connectivity index (χ3v) is 7.88. The third kappa shape index (κ3) is 4.56. The van der Waals surface area contributed by atoms with Crippen LogP contribution in [0.25, 0.3) is 34.3 Å². The minimum atomic E-state index is -3.38. The number of hydrogen-bond acceptors (Lipinski definition) is 8. The molecule has 2 N–H and O–H groups in total. The van der Waals surface area contributed by atoms with Crippen molar-refractivity contribution in [1.82, 2.24) is 20.2 Å². The van der Waals surface area contributed by atoms with Gasteiger partial charge in [0.1, 0.15) is 0 Å². The molecule has 0 fully saturated rings. The van der Waals surface area contributed by atoms with Crippen LogP contribution in [0, 0.1) is 6.92 Å². The summed E-state index contributed by atoms with van der Waals surface area (Å²) >= 11 is 0. The van der Waals surface area contributed by atoms with Gasteiger partial charge in [-0.15, -0.1) is 10.2 Å². The van der Waals surface area contributed by atoms with Gasteiger partial charge in [0.15, 0.2) is 21.3 Å². The summed E-state index contributed by atoms with van der Waals surface area (Å²) in [6.45, 7) is 7.23. The summed E-state index contributed by atoms with van der Waals surface area (Å²) in [4.78, 5) is 9.14. The Morgan fingerprint density at radius 2 is 1.68 bits per heavy atom. The molecule has 2 aromatic carbocycles. The molecular weight excluding hydrogens is 450 g/mol. The maximum Gasteiger partial charge on any atom is 0.270 e. The quantitative estimate of drug-likeness (QED) is 0.399. The van der Waals surface area contributed by atoms with Gasteiger partial charge in [-0.3, -0.25) is 0 Å². The van der Waals surface area contributed by atoms with Gasteiger partial charge < -0.3 is 10.2 Å². The topological polar surface area (TPSA) is 125 Å². The zero-order chi connectivity index (χ0) is 24.5. The number of aryl methyl sites for hydroxylation is 2. The van der Waals surface area contributed by atoms with Gasteiger partial charge in [0, 0.05) is 11.1 Å². The molecule has 0 aliphatic heterocycles. The van der Waals surface area contributed by atoms with E-state index in [0.29, 0.717) is 27.6 Å². The fourth-order valence-corrected chi connectivity index (χ4v) is 4.89. The Morgan fingerprint density at radius 1 is 1.00 bits per heavy atom. The van der Waals surface area contributed by atoms with Crippen molar-refractivity contribution >= 4 is 15.7 Å². The standard InChI is InChI=1S/C25H27N5O3S/c1-5-6-17-7-9-18(10-8-17)24-29-30-25(33-24)22-23(26)27-14-20(28-22)19-11-12-21(16(4)13-19)34(31,32)15(2)3/h7-15H,5-6H2,1-4H3,(H2,26,27). The van der Waals surface area contributed by atoms with E-state index >= 15 is 0 Å². The highest BCUT2D eigenvalue weighted by molar-refractivity contribution is 7.92. The molecule has 0 atom stereocenters. The van der Waals surface area contributed by atoms with Crippen molar-refractivity contribution in [3.8, 4) is 34.3 Å². The number of nitrogen functional groups attached to an aromatic ring is 1. The Balaban J connectivity index is 1.67. The molecule has 34 heavy (non-hydrogen) atoms. The number of sulfone groups is 1. The predicted octanol–water partition coefficient (Wildman–Crippen LogP) is 4.89. The highest BCUT2D eigenvalue weighted by Gasteiger charge is 2.22. The van der Waals surface area contributed by atoms with Crippen LogP contribution in [-0.2, 0) is 16.3 Å². The van der Waals surface area contributed by atoms with Crippen LogP contribution in [0.5, 0.6) is 0 Å². The van der Waals surface area contributed by atoms with E-state index in [-0.39, 0.29) is 17.4 Å². The zero-order valence-electron chi connectivity index (χ0n) is 19.6. The van der Waals surface area contributed by atoms with Crippen LogP contribution in [0.3, 0.4) is 0 Å². The number of rotatable bonds is 7. The summed E-state index contributed by atoms with van der Waals surface area (Å²) in [5.41, 5.74) is 10.3. The van der Waals surface area contributed by atoms with Crippen LogP contribution >= 0.6 is 0 Å². The molecular formula is C25H27N5O3S. The Kier molecular flexibility index (Phi) is 6.47. The molecule has 0 saturated carbocycles. The summed E-state index contributed by atoms with van der Waals surface area (Å²) in [5, 5.41) is 7.76. The average molecular weight is 478 g/mol. The van der Waals surface area contributed by atoms with Crippen LogP contribution in [0.4, 0.5) is 5.82 Å². The largest absolute Gasteiger partial charge is 0.414 e. The second-order valence-electron chi connectivity index (χ2n) is 8.42. The molecule has 4 rings (SSSR count). The number of anilines is 1. The second-order valence-corrected chi connectivity index (χ2v) is 10.9. The third-order valence-electron chi connectivity index (χ3n) is 5.57. The number of nitrogens with zero attached hydrogens (tertiary/aromatic N) is 4. The number of aromatic nitrogens is 4. The SMILES string of the molecule is CCCc1ccc(-c2nnc(-c3nc(-c4ccc(S(=O)(=O)C(C)C)c(C)c4)cnc3N)o2)cc1. The van der Waals surface area contributed by atoms with Crippen LogP contribution in [-0.4, -0.2) is 33.8 Å². The van der Waals surface area contributed by atoms with Crippen LogP contribution in [0.2, 0.25) is 0 Å². The summed E-state index contributed by atoms with van der Waals surface area (Å²) in [7, 11) is -3.38. The summed E-state index contributed by atoms with van der Waals surface area (Å²) in [6.07, 6.45) is 3.63. The van der Waals surface area contributed by atoms with Gasteiger partial charge in [0.05, 0.1) is 22.0 Å². The maximum atomic E-state index is 12.6. The van der Waals surface area contributed by atoms with E-state index in [2.05, 4.69) is 27.1 Å². The zero-order valence-corrected chi connectivity index (χ0v) is 20.4. The van der Waals surface area contributed by atoms with Gasteiger partial charge in [0.25, 0.3) is 5.89 Å². The number of nitrogens with two attached hydrogens (primary N) is 1. The minimum Gasteiger partial charge on any atom is -0.414 e. The summed E-state index contributed by atoms with van der Waals surface area (Å²) < 4.78 is 31.0. The van der Waals surface area contributed by atoms with Crippen LogP contribution in [0.15, 0.2) is 58.0 Å². The van der Waals surface area contributed by atoms with Crippen molar-refractivity contribution in [2.24, 2.45) is 0 Å². The highest BCUT2D eigenvalue weighted by Crippen LogP contribution is 2.30. The molecule has 2 heterocycles. The van der Waals surface area contributed by atoms with E-state index in [9.17, 15) is 8.42 Å². The lowest BCUT2D eigenvalue weighted by molar-refractivity contribution is 0.582.